The van der Waals surface area contributed by atoms with Gasteiger partial charge >= 0.3 is 0 Å². The van der Waals surface area contributed by atoms with Crippen molar-refractivity contribution in [3.8, 4) is 0 Å². The van der Waals surface area contributed by atoms with E-state index in [4.69, 9.17) is 4.74 Å². The van der Waals surface area contributed by atoms with E-state index in [2.05, 4.69) is 26.0 Å². The van der Waals surface area contributed by atoms with E-state index in [1.807, 2.05) is 35.6 Å². The van der Waals surface area contributed by atoms with Gasteiger partial charge < -0.3 is 9.64 Å². The zero-order valence-electron chi connectivity index (χ0n) is 16.7. The van der Waals surface area contributed by atoms with E-state index >= 15 is 0 Å². The number of pyridine rings is 1. The van der Waals surface area contributed by atoms with Crippen molar-refractivity contribution in [1.82, 2.24) is 29.4 Å². The van der Waals surface area contributed by atoms with Gasteiger partial charge in [-0.2, -0.15) is 0 Å². The Morgan fingerprint density at radius 3 is 2.97 bits per heavy atom. The topological polar surface area (TPSA) is 86.0 Å². The number of nitrogens with zero attached hydrogens (tertiary/aromatic N) is 6. The fourth-order valence-corrected chi connectivity index (χ4v) is 4.47. The molecule has 1 saturated heterocycles. The van der Waals surface area contributed by atoms with Crippen LogP contribution in [0, 0.1) is 6.92 Å². The lowest BCUT2D eigenvalue weighted by molar-refractivity contribution is -0.0313. The smallest absolute Gasteiger partial charge is 0.290 e. The van der Waals surface area contributed by atoms with E-state index in [1.54, 1.807) is 0 Å². The molecule has 5 heterocycles. The summed E-state index contributed by atoms with van der Waals surface area (Å²) in [6.45, 7) is 5.27. The molecule has 0 aliphatic carbocycles. The molecule has 3 aromatic heterocycles. The Balaban J connectivity index is 1.59. The average molecular weight is 392 g/mol. The molecule has 0 bridgehead atoms. The Morgan fingerprint density at radius 2 is 2.14 bits per heavy atom. The molecule has 0 aromatic carbocycles. The maximum Gasteiger partial charge on any atom is 0.290 e. The molecule has 0 N–H and O–H groups in total. The number of carbonyl (C=O) groups is 1. The number of carbonyl (C=O) groups excluding carboxylic acids is 1. The highest BCUT2D eigenvalue weighted by molar-refractivity contribution is 5.95. The Labute approximate surface area is 169 Å². The first kappa shape index (κ1) is 18.2. The number of ether oxygens (including phenoxy) is 1. The fraction of sp³-hybridized carbons (Fsp3) is 0.476. The number of amides is 1. The molecule has 0 saturated carbocycles. The first-order valence-electron chi connectivity index (χ1n) is 10.2. The number of fused-ring (bicyclic) bond motifs is 2. The lowest BCUT2D eigenvalue weighted by Gasteiger charge is -2.35. The number of hydrogen-bond acceptors (Lipinski definition) is 6. The minimum atomic E-state index is -0.216. The van der Waals surface area contributed by atoms with Crippen LogP contribution >= 0.6 is 0 Å². The van der Waals surface area contributed by atoms with Crippen LogP contribution < -0.4 is 0 Å². The molecule has 29 heavy (non-hydrogen) atoms. The van der Waals surface area contributed by atoms with E-state index in [1.165, 1.54) is 6.33 Å². The van der Waals surface area contributed by atoms with Crippen LogP contribution in [0.2, 0.25) is 0 Å². The number of imidazole rings is 1. The molecular formula is C21H24N6O2. The standard InChI is InChI=1S/C21H24N6O2/c1-13-18-19(24-12-23-13)25-20(27(18)17-7-3-4-11-29-17)21(28)26-10-8-16-15(14(26)2)6-5-9-22-16/h5-6,9,12,14,17H,3-4,7-8,10-11H2,1-2H3/t14?,17-/m1/s1. The monoisotopic (exact) mass is 392 g/mol. The molecule has 3 aromatic rings. The molecule has 2 atom stereocenters. The molecular weight excluding hydrogens is 368 g/mol. The van der Waals surface area contributed by atoms with Crippen LogP contribution in [0.25, 0.3) is 11.2 Å². The quantitative estimate of drug-likeness (QED) is 0.666. The number of hydrogen-bond donors (Lipinski definition) is 0. The second-order valence-electron chi connectivity index (χ2n) is 7.72. The van der Waals surface area contributed by atoms with E-state index in [0.29, 0.717) is 24.6 Å². The summed E-state index contributed by atoms with van der Waals surface area (Å²) in [4.78, 5) is 33.3. The summed E-state index contributed by atoms with van der Waals surface area (Å²) in [5.41, 5.74) is 4.29. The average Bonchev–Trinajstić information content (AvgIpc) is 3.15. The summed E-state index contributed by atoms with van der Waals surface area (Å²) < 4.78 is 7.96. The lowest BCUT2D eigenvalue weighted by Crippen LogP contribution is -2.40. The molecule has 8 nitrogen and oxygen atoms in total. The summed E-state index contributed by atoms with van der Waals surface area (Å²) in [6, 6.07) is 3.91. The first-order valence-corrected chi connectivity index (χ1v) is 10.2. The van der Waals surface area contributed by atoms with Crippen LogP contribution in [0.3, 0.4) is 0 Å². The Bertz CT molecular complexity index is 1070. The van der Waals surface area contributed by atoms with Crippen LogP contribution in [0.4, 0.5) is 0 Å². The van der Waals surface area contributed by atoms with Gasteiger partial charge in [0.25, 0.3) is 5.91 Å². The molecule has 0 radical (unpaired) electrons. The van der Waals surface area contributed by atoms with Gasteiger partial charge in [-0.1, -0.05) is 6.07 Å². The predicted octanol–water partition coefficient (Wildman–Crippen LogP) is 2.99. The maximum absolute atomic E-state index is 13.7. The zero-order chi connectivity index (χ0) is 20.0. The Hall–Kier alpha value is -2.87. The van der Waals surface area contributed by atoms with Crippen molar-refractivity contribution in [2.45, 2.75) is 51.8 Å². The van der Waals surface area contributed by atoms with Crippen LogP contribution in [-0.4, -0.2) is 48.5 Å². The second kappa shape index (κ2) is 7.18. The summed E-state index contributed by atoms with van der Waals surface area (Å²) >= 11 is 0. The van der Waals surface area contributed by atoms with E-state index in [9.17, 15) is 4.79 Å². The van der Waals surface area contributed by atoms with Gasteiger partial charge in [0.1, 0.15) is 18.1 Å². The van der Waals surface area contributed by atoms with Crippen molar-refractivity contribution in [3.05, 3.63) is 47.4 Å². The molecule has 5 rings (SSSR count). The third-order valence-corrected chi connectivity index (χ3v) is 6.00. The summed E-state index contributed by atoms with van der Waals surface area (Å²) in [6.07, 6.45) is 6.78. The Morgan fingerprint density at radius 1 is 1.24 bits per heavy atom. The van der Waals surface area contributed by atoms with Crippen LogP contribution in [-0.2, 0) is 11.2 Å². The normalized spacial score (nSPS) is 21.9. The largest absolute Gasteiger partial charge is 0.358 e. The Kier molecular flexibility index (Phi) is 4.50. The van der Waals surface area contributed by atoms with Crippen LogP contribution in [0.15, 0.2) is 24.7 Å². The highest BCUT2D eigenvalue weighted by atomic mass is 16.5. The van der Waals surface area contributed by atoms with Gasteiger partial charge in [0.2, 0.25) is 5.82 Å². The van der Waals surface area contributed by atoms with Gasteiger partial charge in [0.05, 0.1) is 11.7 Å². The highest BCUT2D eigenvalue weighted by Gasteiger charge is 2.34. The van der Waals surface area contributed by atoms with Gasteiger partial charge in [-0.3, -0.25) is 14.3 Å². The van der Waals surface area contributed by atoms with Crippen molar-refractivity contribution >= 4 is 17.1 Å². The van der Waals surface area contributed by atoms with Gasteiger partial charge in [0, 0.05) is 31.5 Å². The van der Waals surface area contributed by atoms with Crippen molar-refractivity contribution in [2.75, 3.05) is 13.2 Å². The van der Waals surface area contributed by atoms with Crippen LogP contribution in [0.5, 0.6) is 0 Å². The predicted molar refractivity (Wildman–Crippen MR) is 106 cm³/mol. The van der Waals surface area contributed by atoms with Crippen molar-refractivity contribution in [1.29, 1.82) is 0 Å². The SMILES string of the molecule is Cc1ncnc2nc(C(=O)N3CCc4ncccc4C3C)n([C@H]3CCCCO3)c12. The number of aryl methyl sites for hydroxylation is 1. The van der Waals surface area contributed by atoms with Gasteiger partial charge in [-0.25, -0.2) is 15.0 Å². The molecule has 150 valence electrons. The third kappa shape index (κ3) is 2.98. The first-order chi connectivity index (χ1) is 14.1. The molecule has 1 fully saturated rings. The summed E-state index contributed by atoms with van der Waals surface area (Å²) in [5.74, 6) is 0.285. The molecule has 1 amide bonds. The van der Waals surface area contributed by atoms with Gasteiger partial charge in [-0.05, 0) is 44.7 Å². The van der Waals surface area contributed by atoms with Gasteiger partial charge in [0.15, 0.2) is 5.65 Å². The molecule has 0 spiro atoms. The number of aromatic nitrogens is 5. The summed E-state index contributed by atoms with van der Waals surface area (Å²) in [7, 11) is 0. The summed E-state index contributed by atoms with van der Waals surface area (Å²) in [5, 5.41) is 0. The number of rotatable bonds is 2. The fourth-order valence-electron chi connectivity index (χ4n) is 4.47. The van der Waals surface area contributed by atoms with E-state index < -0.39 is 0 Å². The van der Waals surface area contributed by atoms with Crippen molar-refractivity contribution < 1.29 is 9.53 Å². The van der Waals surface area contributed by atoms with Crippen molar-refractivity contribution in [3.63, 3.8) is 0 Å². The lowest BCUT2D eigenvalue weighted by atomic mass is 9.98. The van der Waals surface area contributed by atoms with Crippen LogP contribution in [0.1, 0.15) is 66.0 Å². The highest BCUT2D eigenvalue weighted by Crippen LogP contribution is 2.33. The minimum Gasteiger partial charge on any atom is -0.358 e. The maximum atomic E-state index is 13.7. The third-order valence-electron chi connectivity index (χ3n) is 6.00. The molecule has 1 unspecified atom stereocenters. The molecule has 2 aliphatic rings. The molecule has 8 heteroatoms. The minimum absolute atomic E-state index is 0.0623. The zero-order valence-corrected chi connectivity index (χ0v) is 16.7. The van der Waals surface area contributed by atoms with Crippen molar-refractivity contribution in [2.24, 2.45) is 0 Å². The van der Waals surface area contributed by atoms with Gasteiger partial charge in [-0.15, -0.1) is 0 Å². The second-order valence-corrected chi connectivity index (χ2v) is 7.72. The molecule has 2 aliphatic heterocycles. The van der Waals surface area contributed by atoms with E-state index in [0.717, 1.165) is 48.2 Å². The van der Waals surface area contributed by atoms with E-state index in [-0.39, 0.29) is 18.2 Å².